The highest BCUT2D eigenvalue weighted by molar-refractivity contribution is 6.38. The summed E-state index contributed by atoms with van der Waals surface area (Å²) in [5, 5.41) is 3.93. The second-order valence-corrected chi connectivity index (χ2v) is 6.27. The van der Waals surface area contributed by atoms with Gasteiger partial charge in [0.2, 0.25) is 0 Å². The third kappa shape index (κ3) is 4.57. The summed E-state index contributed by atoms with van der Waals surface area (Å²) in [6.07, 6.45) is 0.108. The molecule has 28 heavy (non-hydrogen) atoms. The van der Waals surface area contributed by atoms with Crippen molar-refractivity contribution >= 4 is 11.6 Å². The van der Waals surface area contributed by atoms with Gasteiger partial charge in [0.15, 0.2) is 17.6 Å². The first-order valence-electron chi connectivity index (χ1n) is 8.62. The highest BCUT2D eigenvalue weighted by atomic mass is 19.3. The fourth-order valence-corrected chi connectivity index (χ4v) is 2.92. The van der Waals surface area contributed by atoms with Gasteiger partial charge in [0, 0.05) is 20.0 Å². The standard InChI is InChI=1S/C20H20F2N2O4/c1-24(12-13-8-9-16(27-20(21)22)18(10-13)26-2)19(25)15-11-17(28-23-15)14-6-4-3-5-7-14/h3-10,17,20H,11-12H2,1-2H3. The quantitative estimate of drug-likeness (QED) is 0.722. The Balaban J connectivity index is 1.63. The van der Waals surface area contributed by atoms with Crippen molar-refractivity contribution in [2.24, 2.45) is 5.16 Å². The van der Waals surface area contributed by atoms with Crippen LogP contribution >= 0.6 is 0 Å². The number of methoxy groups -OCH3 is 1. The van der Waals surface area contributed by atoms with Gasteiger partial charge in [0.1, 0.15) is 5.71 Å². The molecular formula is C20H20F2N2O4. The number of carbonyl (C=O) groups is 1. The van der Waals surface area contributed by atoms with Crippen LogP contribution in [0.2, 0.25) is 0 Å². The Hall–Kier alpha value is -3.16. The molecule has 6 nitrogen and oxygen atoms in total. The van der Waals surface area contributed by atoms with Crippen molar-refractivity contribution in [3.63, 3.8) is 0 Å². The van der Waals surface area contributed by atoms with E-state index in [4.69, 9.17) is 9.57 Å². The SMILES string of the molecule is COc1cc(CN(C)C(=O)C2=NOC(c3ccccc3)C2)ccc1OC(F)F. The van der Waals surface area contributed by atoms with Gasteiger partial charge in [-0.05, 0) is 23.3 Å². The number of amides is 1. The van der Waals surface area contributed by atoms with Gasteiger partial charge in [-0.2, -0.15) is 8.78 Å². The van der Waals surface area contributed by atoms with E-state index in [0.717, 1.165) is 5.56 Å². The summed E-state index contributed by atoms with van der Waals surface area (Å²) in [5.74, 6) is -0.149. The van der Waals surface area contributed by atoms with Gasteiger partial charge in [0.05, 0.1) is 7.11 Å². The molecule has 0 bridgehead atoms. The van der Waals surface area contributed by atoms with Crippen molar-refractivity contribution in [3.05, 3.63) is 59.7 Å². The molecule has 8 heteroatoms. The van der Waals surface area contributed by atoms with Gasteiger partial charge in [-0.25, -0.2) is 0 Å². The monoisotopic (exact) mass is 390 g/mol. The lowest BCUT2D eigenvalue weighted by Gasteiger charge is -2.18. The minimum Gasteiger partial charge on any atom is -0.493 e. The fraction of sp³-hybridized carbons (Fsp3) is 0.300. The third-order valence-corrected chi connectivity index (χ3v) is 4.30. The Morgan fingerprint density at radius 1 is 1.25 bits per heavy atom. The Morgan fingerprint density at radius 2 is 2.00 bits per heavy atom. The molecule has 3 rings (SSSR count). The molecule has 1 atom stereocenters. The molecule has 0 fully saturated rings. The van der Waals surface area contributed by atoms with Crippen LogP contribution in [0.4, 0.5) is 8.78 Å². The van der Waals surface area contributed by atoms with E-state index in [1.807, 2.05) is 30.3 Å². The number of rotatable bonds is 7. The van der Waals surface area contributed by atoms with E-state index < -0.39 is 6.61 Å². The molecule has 1 aliphatic heterocycles. The van der Waals surface area contributed by atoms with Gasteiger partial charge >= 0.3 is 6.61 Å². The van der Waals surface area contributed by atoms with Crippen LogP contribution in [0, 0.1) is 0 Å². The molecule has 0 saturated carbocycles. The summed E-state index contributed by atoms with van der Waals surface area (Å²) in [7, 11) is 3.00. The van der Waals surface area contributed by atoms with Crippen LogP contribution < -0.4 is 9.47 Å². The predicted octanol–water partition coefficient (Wildman–Crippen LogP) is 3.77. The number of benzene rings is 2. The van der Waals surface area contributed by atoms with Gasteiger partial charge in [-0.15, -0.1) is 0 Å². The van der Waals surface area contributed by atoms with E-state index in [1.165, 1.54) is 18.1 Å². The summed E-state index contributed by atoms with van der Waals surface area (Å²) in [6, 6.07) is 14.1. The Kier molecular flexibility index (Phi) is 6.08. The molecule has 1 aliphatic rings. The fourth-order valence-electron chi connectivity index (χ4n) is 2.92. The highest BCUT2D eigenvalue weighted by Crippen LogP contribution is 2.30. The average Bonchev–Trinajstić information content (AvgIpc) is 3.19. The smallest absolute Gasteiger partial charge is 0.387 e. The number of ether oxygens (including phenoxy) is 2. The van der Waals surface area contributed by atoms with Crippen LogP contribution in [0.15, 0.2) is 53.7 Å². The van der Waals surface area contributed by atoms with E-state index >= 15 is 0 Å². The number of carbonyl (C=O) groups excluding carboxylic acids is 1. The summed E-state index contributed by atoms with van der Waals surface area (Å²) in [4.78, 5) is 19.5. The molecule has 0 aromatic heterocycles. The first-order chi connectivity index (χ1) is 13.5. The first kappa shape index (κ1) is 19.6. The topological polar surface area (TPSA) is 60.4 Å². The molecule has 1 amide bonds. The van der Waals surface area contributed by atoms with E-state index in [-0.39, 0.29) is 30.1 Å². The second kappa shape index (κ2) is 8.69. The summed E-state index contributed by atoms with van der Waals surface area (Å²) >= 11 is 0. The number of alkyl halides is 2. The number of hydrogen-bond donors (Lipinski definition) is 0. The van der Waals surface area contributed by atoms with Crippen LogP contribution in [0.1, 0.15) is 23.7 Å². The molecule has 1 unspecified atom stereocenters. The van der Waals surface area contributed by atoms with Crippen LogP contribution in [-0.4, -0.2) is 37.3 Å². The van der Waals surface area contributed by atoms with Crippen molar-refractivity contribution in [2.45, 2.75) is 25.7 Å². The predicted molar refractivity (Wildman–Crippen MR) is 98.4 cm³/mol. The van der Waals surface area contributed by atoms with E-state index in [1.54, 1.807) is 19.2 Å². The van der Waals surface area contributed by atoms with Crippen molar-refractivity contribution < 1.29 is 27.9 Å². The maximum atomic E-state index is 12.7. The number of oxime groups is 1. The molecule has 1 heterocycles. The van der Waals surface area contributed by atoms with Crippen molar-refractivity contribution in [2.75, 3.05) is 14.2 Å². The average molecular weight is 390 g/mol. The Labute approximate surface area is 161 Å². The van der Waals surface area contributed by atoms with Crippen LogP contribution in [0.3, 0.4) is 0 Å². The van der Waals surface area contributed by atoms with Crippen LogP contribution in [0.5, 0.6) is 11.5 Å². The molecule has 148 valence electrons. The van der Waals surface area contributed by atoms with Gasteiger partial charge in [-0.3, -0.25) is 4.79 Å². The zero-order chi connectivity index (χ0) is 20.1. The number of halogens is 2. The van der Waals surface area contributed by atoms with Crippen molar-refractivity contribution in [1.29, 1.82) is 0 Å². The summed E-state index contributed by atoms with van der Waals surface area (Å²) in [5.41, 5.74) is 1.99. The van der Waals surface area contributed by atoms with Crippen LogP contribution in [-0.2, 0) is 16.2 Å². The third-order valence-electron chi connectivity index (χ3n) is 4.30. The van der Waals surface area contributed by atoms with Gasteiger partial charge in [0.25, 0.3) is 5.91 Å². The lowest BCUT2D eigenvalue weighted by Crippen LogP contribution is -2.32. The molecule has 0 spiro atoms. The maximum absolute atomic E-state index is 12.7. The molecule has 0 aliphatic carbocycles. The lowest BCUT2D eigenvalue weighted by atomic mass is 10.0. The lowest BCUT2D eigenvalue weighted by molar-refractivity contribution is -0.123. The molecule has 0 radical (unpaired) electrons. The molecule has 0 saturated heterocycles. The largest absolute Gasteiger partial charge is 0.493 e. The Morgan fingerprint density at radius 3 is 2.68 bits per heavy atom. The van der Waals surface area contributed by atoms with Crippen LogP contribution in [0.25, 0.3) is 0 Å². The first-order valence-corrected chi connectivity index (χ1v) is 8.62. The normalized spacial score (nSPS) is 15.8. The molecule has 2 aromatic rings. The molecule has 2 aromatic carbocycles. The Bertz CT molecular complexity index is 859. The van der Waals surface area contributed by atoms with E-state index in [2.05, 4.69) is 9.89 Å². The van der Waals surface area contributed by atoms with Gasteiger partial charge < -0.3 is 19.2 Å². The van der Waals surface area contributed by atoms with Gasteiger partial charge in [-0.1, -0.05) is 41.6 Å². The summed E-state index contributed by atoms with van der Waals surface area (Å²) in [6.45, 7) is -2.69. The van der Waals surface area contributed by atoms with Crippen molar-refractivity contribution in [1.82, 2.24) is 4.90 Å². The minimum absolute atomic E-state index is 0.0606. The second-order valence-electron chi connectivity index (χ2n) is 6.27. The molecular weight excluding hydrogens is 370 g/mol. The maximum Gasteiger partial charge on any atom is 0.387 e. The number of hydrogen-bond acceptors (Lipinski definition) is 5. The highest BCUT2D eigenvalue weighted by Gasteiger charge is 2.29. The summed E-state index contributed by atoms with van der Waals surface area (Å²) < 4.78 is 34.3. The van der Waals surface area contributed by atoms with E-state index in [0.29, 0.717) is 17.7 Å². The number of nitrogens with zero attached hydrogens (tertiary/aromatic N) is 2. The van der Waals surface area contributed by atoms with Crippen molar-refractivity contribution in [3.8, 4) is 11.5 Å². The minimum atomic E-state index is -2.94. The zero-order valence-corrected chi connectivity index (χ0v) is 15.5. The zero-order valence-electron chi connectivity index (χ0n) is 15.5. The van der Waals surface area contributed by atoms with E-state index in [9.17, 15) is 13.6 Å². The molecule has 0 N–H and O–H groups in total.